The third-order valence-electron chi connectivity index (χ3n) is 2.60. The smallest absolute Gasteiger partial charge is 0.211 e. The van der Waals surface area contributed by atoms with Crippen molar-refractivity contribution in [1.29, 1.82) is 0 Å². The van der Waals surface area contributed by atoms with Crippen LogP contribution < -0.4 is 0 Å². The van der Waals surface area contributed by atoms with Crippen molar-refractivity contribution in [2.75, 3.05) is 0 Å². The summed E-state index contributed by atoms with van der Waals surface area (Å²) in [7, 11) is 0. The third-order valence-corrected chi connectivity index (χ3v) is 2.60. The number of carbonyl (C=O) groups excluding carboxylic acids is 1. The summed E-state index contributed by atoms with van der Waals surface area (Å²) in [5, 5.41) is 0. The van der Waals surface area contributed by atoms with Gasteiger partial charge in [-0.15, -0.1) is 0 Å². The average molecular weight is 167 g/mol. The predicted molar refractivity (Wildman–Crippen MR) is 48.7 cm³/mol. The Kier molecular flexibility index (Phi) is 2.69. The summed E-state index contributed by atoms with van der Waals surface area (Å²) >= 11 is 0. The summed E-state index contributed by atoms with van der Waals surface area (Å²) in [6.07, 6.45) is 5.01. The van der Waals surface area contributed by atoms with Crippen molar-refractivity contribution in [3.05, 3.63) is 0 Å². The van der Waals surface area contributed by atoms with Gasteiger partial charge in [-0.25, -0.2) is 9.79 Å². The van der Waals surface area contributed by atoms with Crippen molar-refractivity contribution < 1.29 is 4.79 Å². The Balaban J connectivity index is 2.63. The maximum Gasteiger partial charge on any atom is 0.235 e. The van der Waals surface area contributed by atoms with Crippen molar-refractivity contribution in [3.63, 3.8) is 0 Å². The van der Waals surface area contributed by atoms with Gasteiger partial charge in [0.05, 0.1) is 6.04 Å². The number of hydrogen-bond acceptors (Lipinski definition) is 2. The normalized spacial score (nSPS) is 33.9. The SMILES string of the molecule is C[C@@H]1CC(N=C=O)CC(C)(C)C1. The van der Waals surface area contributed by atoms with E-state index in [4.69, 9.17) is 0 Å². The molecule has 0 amide bonds. The minimum Gasteiger partial charge on any atom is -0.211 e. The van der Waals surface area contributed by atoms with E-state index in [1.54, 1.807) is 6.08 Å². The van der Waals surface area contributed by atoms with Gasteiger partial charge >= 0.3 is 0 Å². The summed E-state index contributed by atoms with van der Waals surface area (Å²) in [5.74, 6) is 0.691. The maximum absolute atomic E-state index is 10.1. The van der Waals surface area contributed by atoms with Gasteiger partial charge in [-0.1, -0.05) is 20.8 Å². The summed E-state index contributed by atoms with van der Waals surface area (Å²) in [6, 6.07) is 0.223. The van der Waals surface area contributed by atoms with Gasteiger partial charge in [0.15, 0.2) is 0 Å². The highest BCUT2D eigenvalue weighted by Gasteiger charge is 2.31. The van der Waals surface area contributed by atoms with Crippen LogP contribution in [0, 0.1) is 11.3 Å². The molecule has 0 aromatic rings. The lowest BCUT2D eigenvalue weighted by Gasteiger charge is -2.36. The first-order valence-electron chi connectivity index (χ1n) is 4.60. The van der Waals surface area contributed by atoms with Gasteiger partial charge in [0.2, 0.25) is 6.08 Å². The van der Waals surface area contributed by atoms with Gasteiger partial charge in [0.1, 0.15) is 0 Å². The molecule has 0 aromatic carbocycles. The zero-order valence-corrected chi connectivity index (χ0v) is 8.13. The van der Waals surface area contributed by atoms with Gasteiger partial charge in [0.25, 0.3) is 0 Å². The minimum atomic E-state index is 0.223. The summed E-state index contributed by atoms with van der Waals surface area (Å²) in [4.78, 5) is 13.9. The summed E-state index contributed by atoms with van der Waals surface area (Å²) in [5.41, 5.74) is 0.350. The number of rotatable bonds is 1. The Hall–Kier alpha value is -0.620. The second kappa shape index (κ2) is 3.40. The molecular weight excluding hydrogens is 150 g/mol. The highest BCUT2D eigenvalue weighted by molar-refractivity contribution is 5.33. The fraction of sp³-hybridized carbons (Fsp3) is 0.900. The van der Waals surface area contributed by atoms with E-state index >= 15 is 0 Å². The molecule has 2 nitrogen and oxygen atoms in total. The fourth-order valence-electron chi connectivity index (χ4n) is 2.47. The predicted octanol–water partition coefficient (Wildman–Crippen LogP) is 2.54. The molecule has 2 atom stereocenters. The number of nitrogens with zero attached hydrogens (tertiary/aromatic N) is 1. The van der Waals surface area contributed by atoms with Gasteiger partial charge < -0.3 is 0 Å². The van der Waals surface area contributed by atoms with E-state index in [0.29, 0.717) is 11.3 Å². The average Bonchev–Trinajstić information content (AvgIpc) is 1.82. The quantitative estimate of drug-likeness (QED) is 0.436. The largest absolute Gasteiger partial charge is 0.235 e. The lowest BCUT2D eigenvalue weighted by molar-refractivity contribution is 0.171. The first kappa shape index (κ1) is 9.47. The molecule has 0 aliphatic heterocycles. The van der Waals surface area contributed by atoms with Crippen LogP contribution in [0.2, 0.25) is 0 Å². The van der Waals surface area contributed by atoms with Crippen LogP contribution in [0.4, 0.5) is 0 Å². The van der Waals surface area contributed by atoms with Crippen LogP contribution in [0.1, 0.15) is 40.0 Å². The van der Waals surface area contributed by atoms with E-state index in [0.717, 1.165) is 12.8 Å². The lowest BCUT2D eigenvalue weighted by Crippen LogP contribution is -2.29. The molecule has 0 aromatic heterocycles. The molecule has 0 saturated heterocycles. The maximum atomic E-state index is 10.1. The molecule has 1 saturated carbocycles. The summed E-state index contributed by atoms with van der Waals surface area (Å²) < 4.78 is 0. The molecular formula is C10H17NO. The van der Waals surface area contributed by atoms with Crippen molar-refractivity contribution in [1.82, 2.24) is 0 Å². The van der Waals surface area contributed by atoms with Gasteiger partial charge in [-0.05, 0) is 30.6 Å². The minimum absolute atomic E-state index is 0.223. The van der Waals surface area contributed by atoms with Crippen LogP contribution in [0.25, 0.3) is 0 Å². The molecule has 0 bridgehead atoms. The second-order valence-electron chi connectivity index (χ2n) is 4.79. The number of hydrogen-bond donors (Lipinski definition) is 0. The van der Waals surface area contributed by atoms with Crippen LogP contribution in [-0.4, -0.2) is 12.1 Å². The fourth-order valence-corrected chi connectivity index (χ4v) is 2.47. The first-order chi connectivity index (χ1) is 5.53. The zero-order chi connectivity index (χ0) is 9.19. The van der Waals surface area contributed by atoms with Crippen molar-refractivity contribution in [3.8, 4) is 0 Å². The van der Waals surface area contributed by atoms with E-state index in [1.165, 1.54) is 6.42 Å². The molecule has 1 rings (SSSR count). The lowest BCUT2D eigenvalue weighted by atomic mass is 9.71. The van der Waals surface area contributed by atoms with E-state index in [9.17, 15) is 4.79 Å². The van der Waals surface area contributed by atoms with E-state index in [2.05, 4.69) is 25.8 Å². The van der Waals surface area contributed by atoms with Crippen molar-refractivity contribution in [2.24, 2.45) is 16.3 Å². The van der Waals surface area contributed by atoms with Gasteiger partial charge in [-0.3, -0.25) is 0 Å². The standard InChI is InChI=1S/C10H17NO/c1-8-4-9(11-7-12)6-10(2,3)5-8/h8-9H,4-6H2,1-3H3/t8-,9?/m1/s1. The summed E-state index contributed by atoms with van der Waals surface area (Å²) in [6.45, 7) is 6.72. The van der Waals surface area contributed by atoms with Crippen molar-refractivity contribution >= 4 is 6.08 Å². The molecule has 0 heterocycles. The molecule has 0 spiro atoms. The molecule has 1 aliphatic rings. The van der Waals surface area contributed by atoms with Crippen LogP contribution in [0.3, 0.4) is 0 Å². The van der Waals surface area contributed by atoms with Crippen LogP contribution >= 0.6 is 0 Å². The van der Waals surface area contributed by atoms with Crippen LogP contribution in [-0.2, 0) is 4.79 Å². The topological polar surface area (TPSA) is 29.4 Å². The zero-order valence-electron chi connectivity index (χ0n) is 8.13. The van der Waals surface area contributed by atoms with E-state index in [1.807, 2.05) is 0 Å². The Morgan fingerprint density at radius 2 is 2.08 bits per heavy atom. The molecule has 1 unspecified atom stereocenters. The second-order valence-corrected chi connectivity index (χ2v) is 4.79. The highest BCUT2D eigenvalue weighted by atomic mass is 16.1. The first-order valence-corrected chi connectivity index (χ1v) is 4.60. The van der Waals surface area contributed by atoms with Gasteiger partial charge in [0, 0.05) is 0 Å². The molecule has 1 aliphatic carbocycles. The molecule has 1 fully saturated rings. The monoisotopic (exact) mass is 167 g/mol. The van der Waals surface area contributed by atoms with Crippen molar-refractivity contribution in [2.45, 2.75) is 46.1 Å². The highest BCUT2D eigenvalue weighted by Crippen LogP contribution is 2.39. The molecule has 68 valence electrons. The number of isocyanates is 1. The molecule has 12 heavy (non-hydrogen) atoms. The van der Waals surface area contributed by atoms with E-state index in [-0.39, 0.29) is 6.04 Å². The number of aliphatic imine (C=N–C) groups is 1. The molecule has 0 N–H and O–H groups in total. The molecule has 2 heteroatoms. The van der Waals surface area contributed by atoms with Crippen LogP contribution in [0.5, 0.6) is 0 Å². The Morgan fingerprint density at radius 3 is 2.58 bits per heavy atom. The van der Waals surface area contributed by atoms with Gasteiger partial charge in [-0.2, -0.15) is 0 Å². The molecule has 0 radical (unpaired) electrons. The van der Waals surface area contributed by atoms with E-state index < -0.39 is 0 Å². The third kappa shape index (κ3) is 2.46. The Morgan fingerprint density at radius 1 is 1.42 bits per heavy atom. The van der Waals surface area contributed by atoms with Crippen LogP contribution in [0.15, 0.2) is 4.99 Å². The Bertz CT molecular complexity index is 204. The Labute approximate surface area is 74.1 Å².